The van der Waals surface area contributed by atoms with Crippen molar-refractivity contribution in [3.05, 3.63) is 89.4 Å². The van der Waals surface area contributed by atoms with Crippen molar-refractivity contribution >= 4 is 17.5 Å². The van der Waals surface area contributed by atoms with E-state index in [1.165, 1.54) is 0 Å². The molecule has 2 heterocycles. The lowest BCUT2D eigenvalue weighted by Crippen LogP contribution is -2.33. The Morgan fingerprint density at radius 1 is 1.13 bits per heavy atom. The summed E-state index contributed by atoms with van der Waals surface area (Å²) < 4.78 is 10.4. The fourth-order valence-electron chi connectivity index (χ4n) is 3.73. The van der Waals surface area contributed by atoms with Crippen LogP contribution in [0.3, 0.4) is 0 Å². The van der Waals surface area contributed by atoms with Gasteiger partial charge in [-0.1, -0.05) is 24.3 Å². The molecule has 2 N–H and O–H groups in total. The van der Waals surface area contributed by atoms with E-state index in [4.69, 9.17) is 9.15 Å². The summed E-state index contributed by atoms with van der Waals surface area (Å²) in [6.45, 7) is 1.47. The highest BCUT2D eigenvalue weighted by Gasteiger charge is 2.36. The molecule has 0 bridgehead atoms. The van der Waals surface area contributed by atoms with Crippen molar-refractivity contribution in [3.63, 3.8) is 0 Å². The zero-order chi connectivity index (χ0) is 21.6. The molecule has 160 valence electrons. The van der Waals surface area contributed by atoms with Gasteiger partial charge in [-0.3, -0.25) is 9.59 Å². The third kappa shape index (κ3) is 4.62. The van der Waals surface area contributed by atoms with Crippen LogP contribution in [0.25, 0.3) is 0 Å². The minimum absolute atomic E-state index is 0.00320. The summed E-state index contributed by atoms with van der Waals surface area (Å²) in [7, 11) is 1.65. The lowest BCUT2D eigenvalue weighted by Gasteiger charge is -2.27. The molecule has 3 aromatic rings. The van der Waals surface area contributed by atoms with E-state index in [2.05, 4.69) is 10.6 Å². The van der Waals surface area contributed by atoms with Crippen LogP contribution in [0.5, 0.6) is 0 Å². The van der Waals surface area contributed by atoms with Crippen LogP contribution in [0.2, 0.25) is 0 Å². The quantitative estimate of drug-likeness (QED) is 0.515. The Morgan fingerprint density at radius 2 is 2.00 bits per heavy atom. The molecule has 0 saturated carbocycles. The van der Waals surface area contributed by atoms with E-state index in [1.807, 2.05) is 47.4 Å². The summed E-state index contributed by atoms with van der Waals surface area (Å²) in [4.78, 5) is 27.3. The number of carbonyl (C=O) groups excluding carboxylic acids is 2. The number of hydrogen-bond donors (Lipinski definition) is 2. The van der Waals surface area contributed by atoms with Crippen molar-refractivity contribution < 1.29 is 18.7 Å². The number of anilines is 1. The molecule has 0 spiro atoms. The van der Waals surface area contributed by atoms with Crippen LogP contribution in [0.15, 0.2) is 71.3 Å². The summed E-state index contributed by atoms with van der Waals surface area (Å²) in [5.41, 5.74) is 2.92. The number of amides is 2. The molecule has 2 amide bonds. The monoisotopic (exact) mass is 419 g/mol. The van der Waals surface area contributed by atoms with Crippen LogP contribution < -0.4 is 10.6 Å². The number of fused-ring (bicyclic) bond motifs is 1. The van der Waals surface area contributed by atoms with E-state index in [9.17, 15) is 9.59 Å². The van der Waals surface area contributed by atoms with Crippen molar-refractivity contribution in [1.82, 2.24) is 10.2 Å². The zero-order valence-corrected chi connectivity index (χ0v) is 17.3. The number of rotatable bonds is 9. The van der Waals surface area contributed by atoms with Crippen LogP contribution >= 0.6 is 0 Å². The van der Waals surface area contributed by atoms with Gasteiger partial charge < -0.3 is 24.7 Å². The number of benzene rings is 2. The van der Waals surface area contributed by atoms with Gasteiger partial charge in [-0.05, 0) is 42.8 Å². The summed E-state index contributed by atoms with van der Waals surface area (Å²) in [6, 6.07) is 18.5. The largest absolute Gasteiger partial charge is 0.467 e. The molecular formula is C24H25N3O4. The normalized spacial score (nSPS) is 15.1. The molecule has 2 aromatic carbocycles. The Morgan fingerprint density at radius 3 is 2.81 bits per heavy atom. The van der Waals surface area contributed by atoms with E-state index < -0.39 is 0 Å². The number of nitrogens with one attached hydrogen (secondary N) is 2. The standard InChI is InChI=1S/C24H25N3O4/c1-30-13-6-12-27-22(20-10-2-3-11-21(20)24(27)29)26-18-8-4-7-17(15-18)23(28)25-16-19-9-5-14-31-19/h2-5,7-11,14-15,22,26H,6,12-13,16H2,1H3,(H,25,28). The molecule has 1 atom stereocenters. The summed E-state index contributed by atoms with van der Waals surface area (Å²) in [5, 5.41) is 6.28. The van der Waals surface area contributed by atoms with Gasteiger partial charge in [0.2, 0.25) is 0 Å². The van der Waals surface area contributed by atoms with Crippen LogP contribution in [-0.2, 0) is 11.3 Å². The number of methoxy groups -OCH3 is 1. The second-order valence-corrected chi connectivity index (χ2v) is 7.32. The van der Waals surface area contributed by atoms with Crippen molar-refractivity contribution in [2.75, 3.05) is 25.6 Å². The summed E-state index contributed by atoms with van der Waals surface area (Å²) in [5.74, 6) is 0.492. The molecule has 1 aliphatic rings. The Balaban J connectivity index is 1.50. The first-order valence-electron chi connectivity index (χ1n) is 10.2. The number of hydrogen-bond acceptors (Lipinski definition) is 5. The highest BCUT2D eigenvalue weighted by molar-refractivity contribution is 5.99. The van der Waals surface area contributed by atoms with Gasteiger partial charge in [0.15, 0.2) is 0 Å². The Labute approximate surface area is 181 Å². The number of nitrogens with zero attached hydrogens (tertiary/aromatic N) is 1. The third-order valence-corrected chi connectivity index (χ3v) is 5.24. The van der Waals surface area contributed by atoms with Crippen molar-refractivity contribution in [1.29, 1.82) is 0 Å². The smallest absolute Gasteiger partial charge is 0.256 e. The van der Waals surface area contributed by atoms with Gasteiger partial charge in [0.1, 0.15) is 11.9 Å². The van der Waals surface area contributed by atoms with Gasteiger partial charge in [-0.2, -0.15) is 0 Å². The molecule has 1 unspecified atom stereocenters. The molecule has 7 heteroatoms. The first-order chi connectivity index (χ1) is 15.2. The average molecular weight is 419 g/mol. The predicted molar refractivity (Wildman–Crippen MR) is 117 cm³/mol. The number of ether oxygens (including phenoxy) is 1. The number of furan rings is 1. The van der Waals surface area contributed by atoms with E-state index in [0.29, 0.717) is 36.6 Å². The van der Waals surface area contributed by atoms with Crippen LogP contribution in [-0.4, -0.2) is 37.0 Å². The fraction of sp³-hybridized carbons (Fsp3) is 0.250. The molecule has 0 saturated heterocycles. The molecule has 1 aromatic heterocycles. The Kier molecular flexibility index (Phi) is 6.33. The van der Waals surface area contributed by atoms with E-state index in [1.54, 1.807) is 31.6 Å². The highest BCUT2D eigenvalue weighted by atomic mass is 16.5. The fourth-order valence-corrected chi connectivity index (χ4v) is 3.73. The first-order valence-corrected chi connectivity index (χ1v) is 10.2. The molecule has 4 rings (SSSR count). The van der Waals surface area contributed by atoms with Crippen molar-refractivity contribution in [2.24, 2.45) is 0 Å². The van der Waals surface area contributed by atoms with Gasteiger partial charge >= 0.3 is 0 Å². The van der Waals surface area contributed by atoms with Crippen LogP contribution in [0.4, 0.5) is 5.69 Å². The highest BCUT2D eigenvalue weighted by Crippen LogP contribution is 2.34. The first kappa shape index (κ1) is 20.7. The minimum Gasteiger partial charge on any atom is -0.467 e. The van der Waals surface area contributed by atoms with E-state index >= 15 is 0 Å². The second-order valence-electron chi connectivity index (χ2n) is 7.32. The van der Waals surface area contributed by atoms with E-state index in [-0.39, 0.29) is 18.0 Å². The SMILES string of the molecule is COCCCN1C(=O)c2ccccc2C1Nc1cccc(C(=O)NCc2ccco2)c1. The van der Waals surface area contributed by atoms with E-state index in [0.717, 1.165) is 17.7 Å². The van der Waals surface area contributed by atoms with Gasteiger partial charge in [-0.15, -0.1) is 0 Å². The maximum Gasteiger partial charge on any atom is 0.256 e. The molecular weight excluding hydrogens is 394 g/mol. The second kappa shape index (κ2) is 9.49. The van der Waals surface area contributed by atoms with Crippen molar-refractivity contribution in [2.45, 2.75) is 19.1 Å². The van der Waals surface area contributed by atoms with Crippen LogP contribution in [0.1, 0.15) is 44.6 Å². The predicted octanol–water partition coefficient (Wildman–Crippen LogP) is 3.81. The van der Waals surface area contributed by atoms with Gasteiger partial charge in [0.25, 0.3) is 11.8 Å². The molecule has 0 radical (unpaired) electrons. The molecule has 0 fully saturated rings. The molecule has 0 aliphatic carbocycles. The lowest BCUT2D eigenvalue weighted by molar-refractivity contribution is 0.0721. The number of carbonyl (C=O) groups is 2. The average Bonchev–Trinajstić information content (AvgIpc) is 3.41. The minimum atomic E-state index is -0.304. The maximum atomic E-state index is 12.9. The maximum absolute atomic E-state index is 12.9. The molecule has 31 heavy (non-hydrogen) atoms. The Hall–Kier alpha value is -3.58. The molecule has 1 aliphatic heterocycles. The topological polar surface area (TPSA) is 83.8 Å². The summed E-state index contributed by atoms with van der Waals surface area (Å²) in [6.07, 6.45) is 2.01. The molecule has 7 nitrogen and oxygen atoms in total. The van der Waals surface area contributed by atoms with Crippen molar-refractivity contribution in [3.8, 4) is 0 Å². The lowest BCUT2D eigenvalue weighted by atomic mass is 10.1. The summed E-state index contributed by atoms with van der Waals surface area (Å²) >= 11 is 0. The zero-order valence-electron chi connectivity index (χ0n) is 17.3. The van der Waals surface area contributed by atoms with Crippen LogP contribution in [0, 0.1) is 0 Å². The van der Waals surface area contributed by atoms with Gasteiger partial charge in [0.05, 0.1) is 12.8 Å². The third-order valence-electron chi connectivity index (χ3n) is 5.24. The van der Waals surface area contributed by atoms with Gasteiger partial charge in [-0.25, -0.2) is 0 Å². The van der Waals surface area contributed by atoms with Gasteiger partial charge in [0, 0.05) is 42.6 Å². The Bertz CT molecular complexity index is 1050.